The molecule has 1 N–H and O–H groups in total. The molecule has 3 heteroatoms. The molecule has 12 heavy (non-hydrogen) atoms. The van der Waals surface area contributed by atoms with Crippen LogP contribution in [-0.4, -0.2) is 37.0 Å². The summed E-state index contributed by atoms with van der Waals surface area (Å²) in [5.74, 6) is 1.98. The van der Waals surface area contributed by atoms with Crippen LogP contribution >= 0.6 is 0 Å². The lowest BCUT2D eigenvalue weighted by Crippen LogP contribution is -2.40. The maximum Gasteiger partial charge on any atom is 0.298 e. The molecule has 1 saturated heterocycles. The highest BCUT2D eigenvalue weighted by Gasteiger charge is 2.26. The van der Waals surface area contributed by atoms with Crippen LogP contribution in [0.5, 0.6) is 0 Å². The lowest BCUT2D eigenvalue weighted by Gasteiger charge is -2.21. The number of hydrogen-bond acceptors (Lipinski definition) is 2. The van der Waals surface area contributed by atoms with Gasteiger partial charge >= 0.3 is 0 Å². The zero-order chi connectivity index (χ0) is 8.97. The molecule has 1 aliphatic rings. The molecule has 1 fully saturated rings. The largest absolute Gasteiger partial charge is 0.328 e. The summed E-state index contributed by atoms with van der Waals surface area (Å²) in [4.78, 5) is 12.9. The molecule has 1 amide bonds. The van der Waals surface area contributed by atoms with Crippen LogP contribution in [-0.2, 0) is 4.79 Å². The third-order valence-corrected chi connectivity index (χ3v) is 2.20. The Balaban J connectivity index is 2.52. The van der Waals surface area contributed by atoms with Gasteiger partial charge in [0.25, 0.3) is 5.91 Å². The Kier molecular flexibility index (Phi) is 3.12. The standard InChI is InChI=1S/C9H14N2O/c1-3-9(12)11-6-4-5-8(11)7-10-2/h1,8,10H,4-7H2,2H3. The van der Waals surface area contributed by atoms with Gasteiger partial charge in [-0.2, -0.15) is 0 Å². The van der Waals surface area contributed by atoms with Gasteiger partial charge in [0.1, 0.15) is 0 Å². The Morgan fingerprint density at radius 1 is 1.83 bits per heavy atom. The number of rotatable bonds is 2. The van der Waals surface area contributed by atoms with Gasteiger partial charge in [0, 0.05) is 19.1 Å². The van der Waals surface area contributed by atoms with Gasteiger partial charge in [-0.3, -0.25) is 4.79 Å². The number of carbonyl (C=O) groups is 1. The van der Waals surface area contributed by atoms with E-state index in [2.05, 4.69) is 11.2 Å². The van der Waals surface area contributed by atoms with E-state index in [1.807, 2.05) is 7.05 Å². The summed E-state index contributed by atoms with van der Waals surface area (Å²) in [6.07, 6.45) is 7.18. The number of likely N-dealkylation sites (N-methyl/N-ethyl adjacent to an activating group) is 1. The summed E-state index contributed by atoms with van der Waals surface area (Å²) in [7, 11) is 1.89. The Hall–Kier alpha value is -1.01. The molecule has 1 aliphatic heterocycles. The summed E-state index contributed by atoms with van der Waals surface area (Å²) in [5, 5.41) is 3.06. The Morgan fingerprint density at radius 3 is 3.17 bits per heavy atom. The lowest BCUT2D eigenvalue weighted by atomic mass is 10.2. The van der Waals surface area contributed by atoms with Crippen LogP contribution in [0.4, 0.5) is 0 Å². The zero-order valence-electron chi connectivity index (χ0n) is 7.34. The van der Waals surface area contributed by atoms with Gasteiger partial charge in [0.2, 0.25) is 0 Å². The second-order valence-electron chi connectivity index (χ2n) is 3.00. The van der Waals surface area contributed by atoms with E-state index in [1.165, 1.54) is 0 Å². The van der Waals surface area contributed by atoms with Crippen LogP contribution in [0.15, 0.2) is 0 Å². The van der Waals surface area contributed by atoms with E-state index in [9.17, 15) is 4.79 Å². The first-order valence-electron chi connectivity index (χ1n) is 4.21. The first kappa shape index (κ1) is 9.08. The number of likely N-dealkylation sites (tertiary alicyclic amines) is 1. The average Bonchev–Trinajstić information content (AvgIpc) is 2.52. The van der Waals surface area contributed by atoms with Crippen molar-refractivity contribution < 1.29 is 4.79 Å². The number of nitrogens with one attached hydrogen (secondary N) is 1. The minimum Gasteiger partial charge on any atom is -0.328 e. The van der Waals surface area contributed by atoms with Crippen LogP contribution in [0.25, 0.3) is 0 Å². The molecule has 0 aromatic heterocycles. The van der Waals surface area contributed by atoms with Crippen molar-refractivity contribution in [3.8, 4) is 12.3 Å². The highest BCUT2D eigenvalue weighted by molar-refractivity contribution is 5.93. The van der Waals surface area contributed by atoms with Crippen molar-refractivity contribution in [2.45, 2.75) is 18.9 Å². The molecular weight excluding hydrogens is 152 g/mol. The van der Waals surface area contributed by atoms with E-state index in [1.54, 1.807) is 4.90 Å². The summed E-state index contributed by atoms with van der Waals surface area (Å²) >= 11 is 0. The molecule has 66 valence electrons. The summed E-state index contributed by atoms with van der Waals surface area (Å²) in [6.45, 7) is 1.66. The van der Waals surface area contributed by atoms with E-state index in [0.29, 0.717) is 6.04 Å². The third-order valence-electron chi connectivity index (χ3n) is 2.20. The predicted molar refractivity (Wildman–Crippen MR) is 47.5 cm³/mol. The fraction of sp³-hybridized carbons (Fsp3) is 0.667. The normalized spacial score (nSPS) is 22.3. The van der Waals surface area contributed by atoms with Crippen LogP contribution in [0.3, 0.4) is 0 Å². The van der Waals surface area contributed by atoms with Gasteiger partial charge in [-0.15, -0.1) is 6.42 Å². The fourth-order valence-electron chi connectivity index (χ4n) is 1.63. The first-order chi connectivity index (χ1) is 5.79. The van der Waals surface area contributed by atoms with Crippen molar-refractivity contribution in [1.29, 1.82) is 0 Å². The molecule has 0 aromatic rings. The number of amides is 1. The average molecular weight is 166 g/mol. The van der Waals surface area contributed by atoms with Crippen molar-refractivity contribution >= 4 is 5.91 Å². The maximum absolute atomic E-state index is 11.2. The minimum atomic E-state index is -0.173. The van der Waals surface area contributed by atoms with Crippen LogP contribution in [0.1, 0.15) is 12.8 Å². The second-order valence-corrected chi connectivity index (χ2v) is 3.00. The molecule has 1 atom stereocenters. The van der Waals surface area contributed by atoms with E-state index in [4.69, 9.17) is 6.42 Å². The smallest absolute Gasteiger partial charge is 0.298 e. The lowest BCUT2D eigenvalue weighted by molar-refractivity contribution is -0.125. The predicted octanol–water partition coefficient (Wildman–Crippen LogP) is -0.170. The molecule has 1 rings (SSSR count). The van der Waals surface area contributed by atoms with Gasteiger partial charge in [-0.1, -0.05) is 0 Å². The highest BCUT2D eigenvalue weighted by Crippen LogP contribution is 2.15. The van der Waals surface area contributed by atoms with Gasteiger partial charge in [-0.25, -0.2) is 0 Å². The Bertz CT molecular complexity index is 207. The molecule has 1 unspecified atom stereocenters. The van der Waals surface area contributed by atoms with E-state index in [-0.39, 0.29) is 5.91 Å². The fourth-order valence-corrected chi connectivity index (χ4v) is 1.63. The minimum absolute atomic E-state index is 0.173. The highest BCUT2D eigenvalue weighted by atomic mass is 16.2. The van der Waals surface area contributed by atoms with Crippen molar-refractivity contribution in [2.75, 3.05) is 20.1 Å². The number of hydrogen-bond donors (Lipinski definition) is 1. The van der Waals surface area contributed by atoms with Crippen LogP contribution in [0.2, 0.25) is 0 Å². The summed E-state index contributed by atoms with van der Waals surface area (Å²) < 4.78 is 0. The van der Waals surface area contributed by atoms with Crippen molar-refractivity contribution in [1.82, 2.24) is 10.2 Å². The third kappa shape index (κ3) is 1.77. The molecule has 0 aliphatic carbocycles. The Labute approximate surface area is 73.1 Å². The topological polar surface area (TPSA) is 32.3 Å². The van der Waals surface area contributed by atoms with E-state index >= 15 is 0 Å². The number of terminal acetylenes is 1. The number of nitrogens with zero attached hydrogens (tertiary/aromatic N) is 1. The molecule has 3 nitrogen and oxygen atoms in total. The van der Waals surface area contributed by atoms with Gasteiger partial charge in [0.15, 0.2) is 0 Å². The molecule has 0 aromatic carbocycles. The van der Waals surface area contributed by atoms with Gasteiger partial charge in [-0.05, 0) is 25.8 Å². The van der Waals surface area contributed by atoms with Crippen molar-refractivity contribution in [3.63, 3.8) is 0 Å². The molecule has 0 saturated carbocycles. The molecular formula is C9H14N2O. The van der Waals surface area contributed by atoms with Crippen molar-refractivity contribution in [3.05, 3.63) is 0 Å². The van der Waals surface area contributed by atoms with Crippen LogP contribution in [0, 0.1) is 12.3 Å². The first-order valence-corrected chi connectivity index (χ1v) is 4.21. The monoisotopic (exact) mass is 166 g/mol. The number of carbonyl (C=O) groups excluding carboxylic acids is 1. The zero-order valence-corrected chi connectivity index (χ0v) is 7.34. The molecule has 0 bridgehead atoms. The second kappa shape index (κ2) is 4.13. The summed E-state index contributed by atoms with van der Waals surface area (Å²) in [6, 6.07) is 0.304. The quantitative estimate of drug-likeness (QED) is 0.578. The van der Waals surface area contributed by atoms with Crippen LogP contribution < -0.4 is 5.32 Å². The van der Waals surface area contributed by atoms with Gasteiger partial charge in [0.05, 0.1) is 0 Å². The van der Waals surface area contributed by atoms with E-state index < -0.39 is 0 Å². The Morgan fingerprint density at radius 2 is 2.58 bits per heavy atom. The van der Waals surface area contributed by atoms with Gasteiger partial charge < -0.3 is 10.2 Å². The van der Waals surface area contributed by atoms with Crippen molar-refractivity contribution in [2.24, 2.45) is 0 Å². The molecule has 1 heterocycles. The molecule has 0 radical (unpaired) electrons. The maximum atomic E-state index is 11.2. The molecule has 0 spiro atoms. The van der Waals surface area contributed by atoms with E-state index in [0.717, 1.165) is 25.9 Å². The summed E-state index contributed by atoms with van der Waals surface area (Å²) in [5.41, 5.74) is 0. The SMILES string of the molecule is C#CC(=O)N1CCCC1CNC.